The average Bonchev–Trinajstić information content (AvgIpc) is 2.80. The highest BCUT2D eigenvalue weighted by atomic mass is 35.5. The van der Waals surface area contributed by atoms with Crippen molar-refractivity contribution in [2.24, 2.45) is 5.92 Å². The molecule has 0 radical (unpaired) electrons. The zero-order valence-corrected chi connectivity index (χ0v) is 19.2. The Morgan fingerprint density at radius 3 is 2.45 bits per heavy atom. The Morgan fingerprint density at radius 1 is 0.939 bits per heavy atom. The normalized spacial score (nSPS) is 20.2. The number of hydrogen-bond acceptors (Lipinski definition) is 4. The van der Waals surface area contributed by atoms with E-state index in [9.17, 15) is 18.0 Å². The van der Waals surface area contributed by atoms with Gasteiger partial charge in [0, 0.05) is 43.0 Å². The fourth-order valence-corrected chi connectivity index (χ4v) is 6.53. The lowest BCUT2D eigenvalue weighted by Crippen LogP contribution is -2.48. The summed E-state index contributed by atoms with van der Waals surface area (Å²) in [4.78, 5) is 24.8. The van der Waals surface area contributed by atoms with E-state index >= 15 is 0 Å². The molecule has 0 aliphatic carbocycles. The summed E-state index contributed by atoms with van der Waals surface area (Å²) in [6.45, 7) is 1.25. The molecule has 3 aromatic rings. The second-order valence-corrected chi connectivity index (χ2v) is 10.8. The standard InChI is InChI=1S/C24H22ClN3O4S/c25-21-5-2-1-4-20(21)24(30)26-18-8-10-19(11-9-18)33(31,32)27-13-16-12-17(15-27)22-6-3-7-23(29)28(22)14-16/h1-11,16-17H,12-15H2,(H,26,30)/t16-,17+/m0/s1. The van der Waals surface area contributed by atoms with E-state index in [1.807, 2.05) is 6.07 Å². The highest BCUT2D eigenvalue weighted by molar-refractivity contribution is 7.89. The number of aromatic nitrogens is 1. The smallest absolute Gasteiger partial charge is 0.257 e. The van der Waals surface area contributed by atoms with Gasteiger partial charge in [-0.25, -0.2) is 8.42 Å². The van der Waals surface area contributed by atoms with E-state index in [2.05, 4.69) is 5.32 Å². The van der Waals surface area contributed by atoms with Crippen molar-refractivity contribution in [3.05, 3.63) is 93.4 Å². The molecule has 0 spiro atoms. The fourth-order valence-electron chi connectivity index (χ4n) is 4.75. The summed E-state index contributed by atoms with van der Waals surface area (Å²) in [5, 5.41) is 3.08. The van der Waals surface area contributed by atoms with Gasteiger partial charge in [-0.2, -0.15) is 4.31 Å². The Hall–Kier alpha value is -2.94. The van der Waals surface area contributed by atoms with Crippen LogP contribution in [-0.4, -0.2) is 36.3 Å². The summed E-state index contributed by atoms with van der Waals surface area (Å²) in [7, 11) is -3.71. The van der Waals surface area contributed by atoms with E-state index < -0.39 is 10.0 Å². The number of nitrogens with one attached hydrogen (secondary N) is 1. The van der Waals surface area contributed by atoms with E-state index in [-0.39, 0.29) is 28.2 Å². The maximum absolute atomic E-state index is 13.3. The van der Waals surface area contributed by atoms with Gasteiger partial charge in [-0.05, 0) is 54.8 Å². The lowest BCUT2D eigenvalue weighted by Gasteiger charge is -2.42. The molecule has 1 fully saturated rings. The van der Waals surface area contributed by atoms with Crippen LogP contribution in [0.15, 0.2) is 76.4 Å². The molecule has 0 unspecified atom stereocenters. The average molecular weight is 484 g/mol. The number of sulfonamides is 1. The quantitative estimate of drug-likeness (QED) is 0.614. The number of rotatable bonds is 4. The lowest BCUT2D eigenvalue weighted by molar-refractivity contribution is 0.102. The number of amides is 1. The molecule has 1 aromatic heterocycles. The third-order valence-corrected chi connectivity index (χ3v) is 8.49. The maximum Gasteiger partial charge on any atom is 0.257 e. The summed E-state index contributed by atoms with van der Waals surface area (Å²) in [5.41, 5.74) is 1.68. The molecule has 7 nitrogen and oxygen atoms in total. The van der Waals surface area contributed by atoms with E-state index in [1.165, 1.54) is 16.4 Å². The molecule has 0 saturated carbocycles. The molecule has 1 N–H and O–H groups in total. The van der Waals surface area contributed by atoms with Crippen LogP contribution in [0.5, 0.6) is 0 Å². The van der Waals surface area contributed by atoms with Crippen molar-refractivity contribution in [1.82, 2.24) is 8.87 Å². The number of hydrogen-bond donors (Lipinski definition) is 1. The molecule has 2 aliphatic rings. The number of anilines is 1. The van der Waals surface area contributed by atoms with Gasteiger partial charge in [0.1, 0.15) is 0 Å². The molecule has 1 amide bonds. The summed E-state index contributed by atoms with van der Waals surface area (Å²) in [5.74, 6) is -0.273. The maximum atomic E-state index is 13.3. The van der Waals surface area contributed by atoms with Crippen molar-refractivity contribution >= 4 is 33.2 Å². The Bertz CT molecular complexity index is 1390. The largest absolute Gasteiger partial charge is 0.322 e. The molecule has 1 saturated heterocycles. The lowest BCUT2D eigenvalue weighted by atomic mass is 9.84. The van der Waals surface area contributed by atoms with Crippen molar-refractivity contribution in [3.63, 3.8) is 0 Å². The molecular formula is C24H22ClN3O4S. The van der Waals surface area contributed by atoms with Gasteiger partial charge in [-0.15, -0.1) is 0 Å². The van der Waals surface area contributed by atoms with Gasteiger partial charge < -0.3 is 9.88 Å². The summed E-state index contributed by atoms with van der Waals surface area (Å²) in [6.07, 6.45) is 0.877. The van der Waals surface area contributed by atoms with Gasteiger partial charge in [-0.3, -0.25) is 9.59 Å². The number of benzene rings is 2. The molecular weight excluding hydrogens is 462 g/mol. The highest BCUT2D eigenvalue weighted by Gasteiger charge is 2.39. The molecule has 33 heavy (non-hydrogen) atoms. The fraction of sp³-hybridized carbons (Fsp3) is 0.250. The van der Waals surface area contributed by atoms with Gasteiger partial charge in [0.05, 0.1) is 15.5 Å². The van der Waals surface area contributed by atoms with Crippen LogP contribution in [0.2, 0.25) is 5.02 Å². The molecule has 170 valence electrons. The van der Waals surface area contributed by atoms with Crippen molar-refractivity contribution < 1.29 is 13.2 Å². The predicted molar refractivity (Wildman–Crippen MR) is 126 cm³/mol. The van der Waals surface area contributed by atoms with Crippen molar-refractivity contribution in [1.29, 1.82) is 0 Å². The number of carbonyl (C=O) groups is 1. The van der Waals surface area contributed by atoms with Gasteiger partial charge >= 0.3 is 0 Å². The van der Waals surface area contributed by atoms with Crippen LogP contribution in [0.4, 0.5) is 5.69 Å². The third kappa shape index (κ3) is 4.10. The summed E-state index contributed by atoms with van der Waals surface area (Å²) in [6, 6.07) is 18.1. The molecule has 2 aliphatic heterocycles. The second kappa shape index (κ2) is 8.44. The predicted octanol–water partition coefficient (Wildman–Crippen LogP) is 3.56. The first-order chi connectivity index (χ1) is 15.8. The minimum atomic E-state index is -3.71. The monoisotopic (exact) mass is 483 g/mol. The number of halogens is 1. The SMILES string of the molecule is O=C(Nc1ccc(S(=O)(=O)N2C[C@@H]3C[C@H](C2)c2cccc(=O)n2C3)cc1)c1ccccc1Cl. The second-order valence-electron chi connectivity index (χ2n) is 8.48. The minimum Gasteiger partial charge on any atom is -0.322 e. The van der Waals surface area contributed by atoms with Crippen LogP contribution in [0.25, 0.3) is 0 Å². The molecule has 2 atom stereocenters. The number of pyridine rings is 1. The van der Waals surface area contributed by atoms with Gasteiger partial charge in [0.2, 0.25) is 10.0 Å². The Labute approximate surface area is 196 Å². The zero-order chi connectivity index (χ0) is 23.2. The topological polar surface area (TPSA) is 88.5 Å². The van der Waals surface area contributed by atoms with Crippen molar-refractivity contribution in [2.75, 3.05) is 18.4 Å². The zero-order valence-electron chi connectivity index (χ0n) is 17.6. The molecule has 5 rings (SSSR count). The van der Waals surface area contributed by atoms with Gasteiger partial charge in [0.15, 0.2) is 0 Å². The highest BCUT2D eigenvalue weighted by Crippen LogP contribution is 2.37. The van der Waals surface area contributed by atoms with Crippen LogP contribution in [0.1, 0.15) is 28.4 Å². The van der Waals surface area contributed by atoms with E-state index in [0.717, 1.165) is 12.1 Å². The first kappa shape index (κ1) is 21.9. The third-order valence-electron chi connectivity index (χ3n) is 6.31. The van der Waals surface area contributed by atoms with Gasteiger partial charge in [-0.1, -0.05) is 29.8 Å². The molecule has 2 bridgehead atoms. The Kier molecular flexibility index (Phi) is 5.60. The Balaban J connectivity index is 1.34. The van der Waals surface area contributed by atoms with Crippen LogP contribution < -0.4 is 10.9 Å². The van der Waals surface area contributed by atoms with E-state index in [4.69, 9.17) is 11.6 Å². The number of carbonyl (C=O) groups excluding carboxylic acids is 1. The minimum absolute atomic E-state index is 0.00430. The number of nitrogens with zero attached hydrogens (tertiary/aromatic N) is 2. The van der Waals surface area contributed by atoms with Crippen LogP contribution >= 0.6 is 11.6 Å². The first-order valence-corrected chi connectivity index (χ1v) is 12.5. The first-order valence-electron chi connectivity index (χ1n) is 10.7. The van der Waals surface area contributed by atoms with Crippen molar-refractivity contribution in [2.45, 2.75) is 23.8 Å². The molecule has 3 heterocycles. The van der Waals surface area contributed by atoms with Crippen LogP contribution in [0.3, 0.4) is 0 Å². The molecule has 2 aromatic carbocycles. The van der Waals surface area contributed by atoms with Crippen LogP contribution in [0, 0.1) is 5.92 Å². The van der Waals surface area contributed by atoms with E-state index in [0.29, 0.717) is 35.9 Å². The number of fused-ring (bicyclic) bond motifs is 4. The number of piperidine rings is 1. The summed E-state index contributed by atoms with van der Waals surface area (Å²) < 4.78 is 30.0. The molecule has 9 heteroatoms. The Morgan fingerprint density at radius 2 is 1.70 bits per heavy atom. The van der Waals surface area contributed by atoms with Gasteiger partial charge in [0.25, 0.3) is 11.5 Å². The van der Waals surface area contributed by atoms with Crippen LogP contribution in [-0.2, 0) is 16.6 Å². The summed E-state index contributed by atoms with van der Waals surface area (Å²) >= 11 is 6.07. The van der Waals surface area contributed by atoms with E-state index in [1.54, 1.807) is 53.1 Å². The van der Waals surface area contributed by atoms with Crippen molar-refractivity contribution in [3.8, 4) is 0 Å².